The van der Waals surface area contributed by atoms with Gasteiger partial charge in [0.2, 0.25) is 0 Å². The fourth-order valence-corrected chi connectivity index (χ4v) is 4.64. The van der Waals surface area contributed by atoms with Gasteiger partial charge >= 0.3 is 13.2 Å². The first-order valence-corrected chi connectivity index (χ1v) is 12.5. The maximum atomic E-state index is 13.8. The molecule has 0 saturated carbocycles. The molecule has 188 valence electrons. The third kappa shape index (κ3) is 4.39. The highest BCUT2D eigenvalue weighted by Crippen LogP contribution is 2.41. The van der Waals surface area contributed by atoms with Crippen molar-refractivity contribution in [2.24, 2.45) is 0 Å². The lowest BCUT2D eigenvalue weighted by Crippen LogP contribution is -2.41. The summed E-state index contributed by atoms with van der Waals surface area (Å²) in [6.45, 7) is 9.82. The van der Waals surface area contributed by atoms with Gasteiger partial charge in [-0.3, -0.25) is 0 Å². The van der Waals surface area contributed by atoms with Crippen LogP contribution in [0.15, 0.2) is 97.2 Å². The van der Waals surface area contributed by atoms with Crippen LogP contribution in [0, 0.1) is 6.92 Å². The van der Waals surface area contributed by atoms with E-state index >= 15 is 0 Å². The molecule has 0 spiro atoms. The zero-order valence-corrected chi connectivity index (χ0v) is 21.8. The maximum absolute atomic E-state index is 13.8. The number of carbonyl (C=O) groups is 1. The first kappa shape index (κ1) is 25.0. The molecule has 1 aliphatic rings. The van der Waals surface area contributed by atoms with Gasteiger partial charge < -0.3 is 14.0 Å². The molecule has 4 aromatic rings. The molecular formula is C30H31BN2O4. The highest BCUT2D eigenvalue weighted by molar-refractivity contribution is 6.62. The monoisotopic (exact) mass is 494 g/mol. The third-order valence-electron chi connectivity index (χ3n) is 7.41. The van der Waals surface area contributed by atoms with Crippen molar-refractivity contribution in [3.05, 3.63) is 120 Å². The van der Waals surface area contributed by atoms with E-state index < -0.39 is 30.0 Å². The summed E-state index contributed by atoms with van der Waals surface area (Å²) >= 11 is 0. The molecular weight excluding hydrogens is 463 g/mol. The second kappa shape index (κ2) is 9.32. The van der Waals surface area contributed by atoms with Crippen molar-refractivity contribution in [2.45, 2.75) is 51.4 Å². The molecule has 6 nitrogen and oxygen atoms in total. The summed E-state index contributed by atoms with van der Waals surface area (Å²) in [6.07, 6.45) is 1.04. The van der Waals surface area contributed by atoms with E-state index in [1.807, 2.05) is 126 Å². The number of hydrogen-bond acceptors (Lipinski definition) is 5. The van der Waals surface area contributed by atoms with E-state index in [0.717, 1.165) is 16.7 Å². The molecule has 5 rings (SSSR count). The molecule has 0 unspecified atom stereocenters. The van der Waals surface area contributed by atoms with Crippen molar-refractivity contribution in [3.8, 4) is 0 Å². The number of benzene rings is 3. The molecule has 37 heavy (non-hydrogen) atoms. The number of carbonyl (C=O) groups excluding carboxylic acids is 1. The standard InChI is InChI=1S/C30H31BN2O4/c1-22-26(31-36-28(2,3)29(4,5)37-31)21-33(32-22)27(34)35-30(23-15-9-6-10-16-23,24-17-11-7-12-18-24)25-19-13-8-14-20-25/h6-21H,1-5H3. The van der Waals surface area contributed by atoms with E-state index in [1.54, 1.807) is 6.20 Å². The minimum atomic E-state index is -1.19. The van der Waals surface area contributed by atoms with Crippen LogP contribution in [-0.4, -0.2) is 34.2 Å². The molecule has 1 fully saturated rings. The number of nitrogens with zero attached hydrogens (tertiary/aromatic N) is 2. The van der Waals surface area contributed by atoms with Gasteiger partial charge in [0, 0.05) is 28.4 Å². The Morgan fingerprint density at radius 2 is 1.19 bits per heavy atom. The van der Waals surface area contributed by atoms with Crippen LogP contribution in [0.5, 0.6) is 0 Å². The number of hydrogen-bond donors (Lipinski definition) is 0. The van der Waals surface area contributed by atoms with Gasteiger partial charge in [0.05, 0.1) is 16.9 Å². The van der Waals surface area contributed by atoms with Crippen LogP contribution in [0.3, 0.4) is 0 Å². The molecule has 1 aliphatic heterocycles. The number of aromatic nitrogens is 2. The Morgan fingerprint density at radius 1 is 0.784 bits per heavy atom. The van der Waals surface area contributed by atoms with Crippen LogP contribution in [0.1, 0.15) is 50.1 Å². The van der Waals surface area contributed by atoms with Gasteiger partial charge in [-0.1, -0.05) is 91.0 Å². The average molecular weight is 494 g/mol. The molecule has 0 aliphatic carbocycles. The SMILES string of the molecule is Cc1nn(C(=O)OC(c2ccccc2)(c2ccccc2)c2ccccc2)cc1B1OC(C)(C)C(C)(C)O1. The number of ether oxygens (including phenoxy) is 1. The topological polar surface area (TPSA) is 62.6 Å². The molecule has 0 radical (unpaired) electrons. The van der Waals surface area contributed by atoms with Crippen molar-refractivity contribution in [3.63, 3.8) is 0 Å². The fraction of sp³-hybridized carbons (Fsp3) is 0.267. The largest absolute Gasteiger partial charge is 0.498 e. The average Bonchev–Trinajstić information content (AvgIpc) is 3.39. The first-order valence-electron chi connectivity index (χ1n) is 12.5. The highest BCUT2D eigenvalue weighted by atomic mass is 16.7. The van der Waals surface area contributed by atoms with Gasteiger partial charge in [-0.05, 0) is 34.6 Å². The zero-order valence-electron chi connectivity index (χ0n) is 21.8. The molecule has 0 amide bonds. The maximum Gasteiger partial charge on any atom is 0.498 e. The molecule has 0 bridgehead atoms. The van der Waals surface area contributed by atoms with Crippen LogP contribution < -0.4 is 5.46 Å². The van der Waals surface area contributed by atoms with Crippen LogP contribution in [0.4, 0.5) is 4.79 Å². The van der Waals surface area contributed by atoms with Crippen LogP contribution in [0.2, 0.25) is 0 Å². The Morgan fingerprint density at radius 3 is 1.59 bits per heavy atom. The molecule has 0 atom stereocenters. The minimum Gasteiger partial charge on any atom is -0.426 e. The summed E-state index contributed by atoms with van der Waals surface area (Å²) in [7, 11) is -0.631. The van der Waals surface area contributed by atoms with Crippen molar-refractivity contribution in [1.29, 1.82) is 0 Å². The van der Waals surface area contributed by atoms with E-state index in [4.69, 9.17) is 14.0 Å². The van der Waals surface area contributed by atoms with E-state index in [9.17, 15) is 4.79 Å². The summed E-state index contributed by atoms with van der Waals surface area (Å²) in [6, 6.07) is 29.3. The van der Waals surface area contributed by atoms with Gasteiger partial charge in [-0.15, -0.1) is 0 Å². The van der Waals surface area contributed by atoms with Gasteiger partial charge in [-0.25, -0.2) is 4.79 Å². The van der Waals surface area contributed by atoms with E-state index in [0.29, 0.717) is 11.2 Å². The van der Waals surface area contributed by atoms with E-state index in [2.05, 4.69) is 5.10 Å². The summed E-state index contributed by atoms with van der Waals surface area (Å²) < 4.78 is 20.1. The quantitative estimate of drug-likeness (QED) is 0.272. The van der Waals surface area contributed by atoms with Crippen molar-refractivity contribution in [1.82, 2.24) is 9.78 Å². The van der Waals surface area contributed by atoms with Crippen LogP contribution in [0.25, 0.3) is 0 Å². The molecule has 0 N–H and O–H groups in total. The molecule has 1 aromatic heterocycles. The lowest BCUT2D eigenvalue weighted by Gasteiger charge is -2.35. The Bertz CT molecular complexity index is 1270. The Balaban J connectivity index is 1.58. The molecule has 1 saturated heterocycles. The summed E-state index contributed by atoms with van der Waals surface area (Å²) in [4.78, 5) is 13.8. The van der Waals surface area contributed by atoms with Gasteiger partial charge in [0.1, 0.15) is 0 Å². The lowest BCUT2D eigenvalue weighted by atomic mass is 9.79. The van der Waals surface area contributed by atoms with Crippen molar-refractivity contribution >= 4 is 18.7 Å². The van der Waals surface area contributed by atoms with Gasteiger partial charge in [0.15, 0.2) is 5.60 Å². The second-order valence-corrected chi connectivity index (χ2v) is 10.3. The van der Waals surface area contributed by atoms with Crippen molar-refractivity contribution < 1.29 is 18.8 Å². The molecule has 3 aromatic carbocycles. The van der Waals surface area contributed by atoms with Crippen molar-refractivity contribution in [2.75, 3.05) is 0 Å². The van der Waals surface area contributed by atoms with E-state index in [1.165, 1.54) is 4.68 Å². The Kier molecular flexibility index (Phi) is 6.30. The van der Waals surface area contributed by atoms with Crippen LogP contribution in [-0.2, 0) is 19.6 Å². The molecule has 7 heteroatoms. The number of aryl methyl sites for hydroxylation is 1. The lowest BCUT2D eigenvalue weighted by molar-refractivity contribution is 0.00578. The zero-order chi connectivity index (χ0) is 26.3. The van der Waals surface area contributed by atoms with Gasteiger partial charge in [0.25, 0.3) is 0 Å². The fourth-order valence-electron chi connectivity index (χ4n) is 4.64. The van der Waals surface area contributed by atoms with E-state index in [-0.39, 0.29) is 0 Å². The Labute approximate surface area is 218 Å². The van der Waals surface area contributed by atoms with Gasteiger partial charge in [-0.2, -0.15) is 9.78 Å². The number of rotatable bonds is 5. The third-order valence-corrected chi connectivity index (χ3v) is 7.41. The minimum absolute atomic E-state index is 0.504. The first-order chi connectivity index (χ1) is 17.6. The Hall–Kier alpha value is -3.68. The summed E-state index contributed by atoms with van der Waals surface area (Å²) in [5, 5.41) is 4.50. The molecule has 2 heterocycles. The van der Waals surface area contributed by atoms with Crippen LogP contribution >= 0.6 is 0 Å². The smallest absolute Gasteiger partial charge is 0.426 e. The summed E-state index contributed by atoms with van der Waals surface area (Å²) in [5.41, 5.74) is 1.62. The predicted molar refractivity (Wildman–Crippen MR) is 144 cm³/mol. The second-order valence-electron chi connectivity index (χ2n) is 10.3. The summed E-state index contributed by atoms with van der Waals surface area (Å²) in [5.74, 6) is 0. The predicted octanol–water partition coefficient (Wildman–Crippen LogP) is 5.47. The highest BCUT2D eigenvalue weighted by Gasteiger charge is 2.52. The normalized spacial score (nSPS) is 16.5.